The van der Waals surface area contributed by atoms with Gasteiger partial charge in [-0.05, 0) is 55.2 Å². The van der Waals surface area contributed by atoms with Crippen molar-refractivity contribution in [1.82, 2.24) is 15.1 Å². The predicted octanol–water partition coefficient (Wildman–Crippen LogP) is 2.22. The van der Waals surface area contributed by atoms with Crippen LogP contribution in [0.3, 0.4) is 0 Å². The number of rotatable bonds is 5. The van der Waals surface area contributed by atoms with Crippen LogP contribution in [-0.2, 0) is 24.2 Å². The standard InChI is InChI=1S/C14H22BrN3O2/c1-3-10-12(15)11(18(4-2)17-10)9-14(13(19)20)5-7-16-8-6-14/h16H,3-9H2,1-2H3,(H,19,20). The number of carboxylic acid groups (broad SMARTS) is 1. The van der Waals surface area contributed by atoms with Crippen LogP contribution in [-0.4, -0.2) is 33.9 Å². The molecule has 0 radical (unpaired) electrons. The van der Waals surface area contributed by atoms with E-state index in [1.807, 2.05) is 11.6 Å². The molecule has 0 amide bonds. The molecule has 1 aromatic rings. The first-order chi connectivity index (χ1) is 9.54. The molecule has 0 spiro atoms. The molecule has 2 heterocycles. The average Bonchev–Trinajstić information content (AvgIpc) is 2.76. The summed E-state index contributed by atoms with van der Waals surface area (Å²) in [5.41, 5.74) is 1.37. The molecule has 112 valence electrons. The summed E-state index contributed by atoms with van der Waals surface area (Å²) in [5, 5.41) is 17.5. The maximum absolute atomic E-state index is 11.8. The molecule has 1 aromatic heterocycles. The third kappa shape index (κ3) is 2.76. The minimum Gasteiger partial charge on any atom is -0.481 e. The van der Waals surface area contributed by atoms with Crippen LogP contribution in [0.15, 0.2) is 4.47 Å². The lowest BCUT2D eigenvalue weighted by molar-refractivity contribution is -0.150. The summed E-state index contributed by atoms with van der Waals surface area (Å²) in [6.07, 6.45) is 2.74. The lowest BCUT2D eigenvalue weighted by Gasteiger charge is -2.33. The number of hydrogen-bond donors (Lipinski definition) is 2. The Morgan fingerprint density at radius 2 is 2.10 bits per heavy atom. The van der Waals surface area contributed by atoms with Gasteiger partial charge in [-0.2, -0.15) is 5.10 Å². The molecule has 0 unspecified atom stereocenters. The van der Waals surface area contributed by atoms with E-state index in [1.54, 1.807) is 0 Å². The fourth-order valence-corrected chi connectivity index (χ4v) is 3.58. The van der Waals surface area contributed by atoms with E-state index in [4.69, 9.17) is 0 Å². The van der Waals surface area contributed by atoms with Crippen LogP contribution in [0.2, 0.25) is 0 Å². The van der Waals surface area contributed by atoms with Crippen LogP contribution in [0, 0.1) is 5.41 Å². The zero-order chi connectivity index (χ0) is 14.8. The maximum atomic E-state index is 11.8. The summed E-state index contributed by atoms with van der Waals surface area (Å²) in [7, 11) is 0. The van der Waals surface area contributed by atoms with E-state index in [0.717, 1.165) is 41.9 Å². The topological polar surface area (TPSA) is 67.2 Å². The molecule has 0 aromatic carbocycles. The Balaban J connectivity index is 2.35. The number of halogens is 1. The van der Waals surface area contributed by atoms with E-state index < -0.39 is 11.4 Å². The largest absolute Gasteiger partial charge is 0.481 e. The Bertz CT molecular complexity index is 493. The van der Waals surface area contributed by atoms with E-state index >= 15 is 0 Å². The highest BCUT2D eigenvalue weighted by atomic mass is 79.9. The maximum Gasteiger partial charge on any atom is 0.310 e. The third-order valence-electron chi connectivity index (χ3n) is 4.21. The fraction of sp³-hybridized carbons (Fsp3) is 0.714. The van der Waals surface area contributed by atoms with Gasteiger partial charge in [0.1, 0.15) is 0 Å². The second-order valence-electron chi connectivity index (χ2n) is 5.39. The Morgan fingerprint density at radius 3 is 2.60 bits per heavy atom. The first kappa shape index (κ1) is 15.5. The SMILES string of the molecule is CCc1nn(CC)c(CC2(C(=O)O)CCNCC2)c1Br. The monoisotopic (exact) mass is 343 g/mol. The van der Waals surface area contributed by atoms with Crippen molar-refractivity contribution in [3.05, 3.63) is 15.9 Å². The van der Waals surface area contributed by atoms with Crippen LogP contribution in [0.1, 0.15) is 38.1 Å². The summed E-state index contributed by atoms with van der Waals surface area (Å²) in [6.45, 7) is 6.41. The highest BCUT2D eigenvalue weighted by Crippen LogP contribution is 2.36. The first-order valence-electron chi connectivity index (χ1n) is 7.22. The van der Waals surface area contributed by atoms with Gasteiger partial charge in [0.15, 0.2) is 0 Å². The highest BCUT2D eigenvalue weighted by molar-refractivity contribution is 9.10. The molecule has 1 aliphatic heterocycles. The van der Waals surface area contributed by atoms with Crippen molar-refractivity contribution < 1.29 is 9.90 Å². The molecule has 20 heavy (non-hydrogen) atoms. The van der Waals surface area contributed by atoms with Crippen molar-refractivity contribution in [2.24, 2.45) is 5.41 Å². The molecule has 0 saturated carbocycles. The van der Waals surface area contributed by atoms with Crippen molar-refractivity contribution >= 4 is 21.9 Å². The molecular weight excluding hydrogens is 322 g/mol. The van der Waals surface area contributed by atoms with Gasteiger partial charge in [0.25, 0.3) is 0 Å². The Hall–Kier alpha value is -0.880. The third-order valence-corrected chi connectivity index (χ3v) is 5.13. The van der Waals surface area contributed by atoms with Gasteiger partial charge >= 0.3 is 5.97 Å². The summed E-state index contributed by atoms with van der Waals surface area (Å²) in [5.74, 6) is -0.687. The summed E-state index contributed by atoms with van der Waals surface area (Å²) >= 11 is 3.61. The molecule has 2 N–H and O–H groups in total. The number of carboxylic acids is 1. The molecule has 0 aliphatic carbocycles. The Morgan fingerprint density at radius 1 is 1.45 bits per heavy atom. The van der Waals surface area contributed by atoms with Gasteiger partial charge in [-0.3, -0.25) is 9.48 Å². The average molecular weight is 344 g/mol. The number of nitrogens with one attached hydrogen (secondary N) is 1. The fourth-order valence-electron chi connectivity index (χ4n) is 2.88. The van der Waals surface area contributed by atoms with Gasteiger partial charge < -0.3 is 10.4 Å². The number of aryl methyl sites for hydroxylation is 2. The van der Waals surface area contributed by atoms with Crippen molar-refractivity contribution in [3.63, 3.8) is 0 Å². The smallest absolute Gasteiger partial charge is 0.310 e. The lowest BCUT2D eigenvalue weighted by Crippen LogP contribution is -2.44. The van der Waals surface area contributed by atoms with Crippen molar-refractivity contribution in [2.45, 2.75) is 46.1 Å². The van der Waals surface area contributed by atoms with Crippen molar-refractivity contribution in [1.29, 1.82) is 0 Å². The van der Waals surface area contributed by atoms with E-state index in [-0.39, 0.29) is 0 Å². The van der Waals surface area contributed by atoms with Crippen molar-refractivity contribution in [3.8, 4) is 0 Å². The molecule has 2 rings (SSSR count). The molecule has 0 bridgehead atoms. The van der Waals surface area contributed by atoms with Crippen LogP contribution in [0.4, 0.5) is 0 Å². The molecule has 1 fully saturated rings. The van der Waals surface area contributed by atoms with Crippen LogP contribution >= 0.6 is 15.9 Å². The van der Waals surface area contributed by atoms with Gasteiger partial charge in [-0.1, -0.05) is 6.92 Å². The van der Waals surface area contributed by atoms with Gasteiger partial charge in [0.2, 0.25) is 0 Å². The van der Waals surface area contributed by atoms with E-state index in [0.29, 0.717) is 19.3 Å². The second-order valence-corrected chi connectivity index (χ2v) is 6.18. The molecular formula is C14H22BrN3O2. The van der Waals surface area contributed by atoms with Crippen LogP contribution in [0.25, 0.3) is 0 Å². The van der Waals surface area contributed by atoms with Gasteiger partial charge in [0.05, 0.1) is 21.3 Å². The van der Waals surface area contributed by atoms with Crippen molar-refractivity contribution in [2.75, 3.05) is 13.1 Å². The van der Waals surface area contributed by atoms with Crippen LogP contribution in [0.5, 0.6) is 0 Å². The first-order valence-corrected chi connectivity index (χ1v) is 8.01. The van der Waals surface area contributed by atoms with Gasteiger partial charge in [-0.15, -0.1) is 0 Å². The minimum atomic E-state index is -0.687. The van der Waals surface area contributed by atoms with E-state index in [2.05, 4.69) is 33.3 Å². The minimum absolute atomic E-state index is 0.547. The molecule has 0 atom stereocenters. The number of aromatic nitrogens is 2. The number of aliphatic carboxylic acids is 1. The number of hydrogen-bond acceptors (Lipinski definition) is 3. The lowest BCUT2D eigenvalue weighted by atomic mass is 9.75. The zero-order valence-electron chi connectivity index (χ0n) is 12.1. The molecule has 1 aliphatic rings. The predicted molar refractivity (Wildman–Crippen MR) is 80.9 cm³/mol. The van der Waals surface area contributed by atoms with Gasteiger partial charge in [-0.25, -0.2) is 0 Å². The summed E-state index contributed by atoms with van der Waals surface area (Å²) in [6, 6.07) is 0. The highest BCUT2D eigenvalue weighted by Gasteiger charge is 2.41. The Kier molecular flexibility index (Phi) is 4.86. The second kappa shape index (κ2) is 6.26. The summed E-state index contributed by atoms with van der Waals surface area (Å²) < 4.78 is 2.93. The van der Waals surface area contributed by atoms with Gasteiger partial charge in [0, 0.05) is 13.0 Å². The van der Waals surface area contributed by atoms with E-state index in [1.165, 1.54) is 0 Å². The van der Waals surface area contributed by atoms with E-state index in [9.17, 15) is 9.90 Å². The number of carbonyl (C=O) groups is 1. The molecule has 5 nitrogen and oxygen atoms in total. The summed E-state index contributed by atoms with van der Waals surface area (Å²) in [4.78, 5) is 11.8. The number of piperidine rings is 1. The zero-order valence-corrected chi connectivity index (χ0v) is 13.7. The molecule has 1 saturated heterocycles. The van der Waals surface area contributed by atoms with Crippen LogP contribution < -0.4 is 5.32 Å². The Labute approximate surface area is 127 Å². The number of nitrogens with zero attached hydrogens (tertiary/aromatic N) is 2. The quantitative estimate of drug-likeness (QED) is 0.860. The normalized spacial score (nSPS) is 18.1. The molecule has 6 heteroatoms.